The van der Waals surface area contributed by atoms with Gasteiger partial charge in [-0.1, -0.05) is 5.16 Å². The molecule has 1 amide bonds. The lowest BCUT2D eigenvalue weighted by Gasteiger charge is -2.32. The minimum Gasteiger partial charge on any atom is -0.409 e. The van der Waals surface area contributed by atoms with E-state index in [0.29, 0.717) is 6.07 Å². The van der Waals surface area contributed by atoms with E-state index in [2.05, 4.69) is 5.16 Å². The fourth-order valence-electron chi connectivity index (χ4n) is 1.94. The van der Waals surface area contributed by atoms with Gasteiger partial charge in [0.05, 0.1) is 13.2 Å². The Morgan fingerprint density at radius 1 is 1.40 bits per heavy atom. The topological polar surface area (TPSA) is 88.2 Å². The van der Waals surface area contributed by atoms with E-state index in [9.17, 15) is 13.6 Å². The number of nitrogens with two attached hydrogens (primary N) is 1. The van der Waals surface area contributed by atoms with Gasteiger partial charge in [-0.05, 0) is 12.1 Å². The first kappa shape index (κ1) is 14.2. The summed E-state index contributed by atoms with van der Waals surface area (Å²) in [6.07, 6.45) is -0.740. The molecule has 1 aliphatic heterocycles. The highest BCUT2D eigenvalue weighted by Crippen LogP contribution is 2.14. The molecule has 3 N–H and O–H groups in total. The van der Waals surface area contributed by atoms with E-state index in [1.807, 2.05) is 0 Å². The Hall–Kier alpha value is -2.22. The molecule has 108 valence electrons. The average Bonchev–Trinajstić information content (AvgIpc) is 2.44. The number of benzene rings is 1. The monoisotopic (exact) mass is 285 g/mol. The van der Waals surface area contributed by atoms with Gasteiger partial charge >= 0.3 is 0 Å². The molecule has 20 heavy (non-hydrogen) atoms. The van der Waals surface area contributed by atoms with Crippen molar-refractivity contribution in [2.45, 2.75) is 6.10 Å². The third kappa shape index (κ3) is 3.02. The van der Waals surface area contributed by atoms with E-state index in [1.54, 1.807) is 0 Å². The molecule has 0 radical (unpaired) electrons. The molecule has 0 saturated carbocycles. The van der Waals surface area contributed by atoms with Crippen LogP contribution in [0.3, 0.4) is 0 Å². The predicted molar refractivity (Wildman–Crippen MR) is 65.4 cm³/mol. The van der Waals surface area contributed by atoms with Gasteiger partial charge < -0.3 is 20.6 Å². The van der Waals surface area contributed by atoms with E-state index in [1.165, 1.54) is 4.90 Å². The van der Waals surface area contributed by atoms with Crippen molar-refractivity contribution in [3.05, 3.63) is 35.4 Å². The molecule has 1 aromatic carbocycles. The van der Waals surface area contributed by atoms with Crippen LogP contribution in [0.1, 0.15) is 10.4 Å². The minimum atomic E-state index is -0.824. The lowest BCUT2D eigenvalue weighted by Crippen LogP contribution is -2.50. The quantitative estimate of drug-likeness (QED) is 0.359. The fourth-order valence-corrected chi connectivity index (χ4v) is 1.94. The van der Waals surface area contributed by atoms with Crippen molar-refractivity contribution in [3.63, 3.8) is 0 Å². The number of nitrogens with zero attached hydrogens (tertiary/aromatic N) is 2. The van der Waals surface area contributed by atoms with Gasteiger partial charge in [0.15, 0.2) is 5.84 Å². The molecule has 8 heteroatoms. The standard InChI is InChI=1S/C12H13F2N3O3/c13-8-3-7(4-9(14)5-8)12(18)17-1-2-20-10(6-17)11(15)16-19/h3-5,10,19H,1-2,6H2,(H2,15,16). The maximum absolute atomic E-state index is 13.1. The van der Waals surface area contributed by atoms with Crippen LogP contribution in [0.4, 0.5) is 8.78 Å². The van der Waals surface area contributed by atoms with Crippen LogP contribution in [0.2, 0.25) is 0 Å². The molecule has 0 aliphatic carbocycles. The highest BCUT2D eigenvalue weighted by molar-refractivity contribution is 5.95. The zero-order valence-corrected chi connectivity index (χ0v) is 10.4. The molecule has 1 fully saturated rings. The zero-order chi connectivity index (χ0) is 14.7. The van der Waals surface area contributed by atoms with Crippen LogP contribution < -0.4 is 5.73 Å². The number of rotatable bonds is 2. The van der Waals surface area contributed by atoms with E-state index in [0.717, 1.165) is 12.1 Å². The lowest BCUT2D eigenvalue weighted by atomic mass is 10.1. The van der Waals surface area contributed by atoms with Crippen molar-refractivity contribution < 1.29 is 23.5 Å². The molecule has 1 aromatic rings. The number of carbonyl (C=O) groups excluding carboxylic acids is 1. The van der Waals surface area contributed by atoms with Crippen LogP contribution in [0, 0.1) is 11.6 Å². The lowest BCUT2D eigenvalue weighted by molar-refractivity contribution is 0.00672. The fraction of sp³-hybridized carbons (Fsp3) is 0.333. The molecule has 1 saturated heterocycles. The maximum Gasteiger partial charge on any atom is 0.254 e. The van der Waals surface area contributed by atoms with Gasteiger partial charge in [-0.3, -0.25) is 4.79 Å². The van der Waals surface area contributed by atoms with Crippen molar-refractivity contribution in [1.29, 1.82) is 0 Å². The van der Waals surface area contributed by atoms with Gasteiger partial charge in [-0.2, -0.15) is 0 Å². The number of ether oxygens (including phenoxy) is 1. The van der Waals surface area contributed by atoms with Gasteiger partial charge in [-0.25, -0.2) is 8.78 Å². The van der Waals surface area contributed by atoms with Crippen molar-refractivity contribution >= 4 is 11.7 Å². The number of amides is 1. The normalized spacial score (nSPS) is 20.0. The summed E-state index contributed by atoms with van der Waals surface area (Å²) in [5.41, 5.74) is 5.32. The Bertz CT molecular complexity index is 530. The second-order valence-electron chi connectivity index (χ2n) is 4.29. The van der Waals surface area contributed by atoms with Crippen molar-refractivity contribution in [3.8, 4) is 0 Å². The summed E-state index contributed by atoms with van der Waals surface area (Å²) in [6, 6.07) is 2.61. The van der Waals surface area contributed by atoms with Gasteiger partial charge in [0, 0.05) is 18.2 Å². The van der Waals surface area contributed by atoms with Crippen molar-refractivity contribution in [2.75, 3.05) is 19.7 Å². The molecule has 2 rings (SSSR count). The van der Waals surface area contributed by atoms with Gasteiger partial charge in [0.2, 0.25) is 0 Å². The average molecular weight is 285 g/mol. The number of hydrogen-bond donors (Lipinski definition) is 2. The first-order valence-electron chi connectivity index (χ1n) is 5.85. The zero-order valence-electron chi connectivity index (χ0n) is 10.4. The summed E-state index contributed by atoms with van der Waals surface area (Å²) >= 11 is 0. The number of oxime groups is 1. The van der Waals surface area contributed by atoms with Crippen molar-refractivity contribution in [2.24, 2.45) is 10.9 Å². The number of morpholine rings is 1. The van der Waals surface area contributed by atoms with Crippen LogP contribution in [-0.4, -0.2) is 47.7 Å². The van der Waals surface area contributed by atoms with Gasteiger partial charge in [0.1, 0.15) is 17.7 Å². The molecule has 1 heterocycles. The van der Waals surface area contributed by atoms with Crippen LogP contribution in [0.25, 0.3) is 0 Å². The minimum absolute atomic E-state index is 0.0485. The largest absolute Gasteiger partial charge is 0.409 e. The summed E-state index contributed by atoms with van der Waals surface area (Å²) in [7, 11) is 0. The van der Waals surface area contributed by atoms with Crippen LogP contribution in [-0.2, 0) is 4.74 Å². The second kappa shape index (κ2) is 5.83. The summed E-state index contributed by atoms with van der Waals surface area (Å²) < 4.78 is 31.5. The number of hydrogen-bond acceptors (Lipinski definition) is 4. The summed E-state index contributed by atoms with van der Waals surface area (Å²) in [5.74, 6) is -2.35. The Balaban J connectivity index is 2.16. The summed E-state index contributed by atoms with van der Waals surface area (Å²) in [5, 5.41) is 11.4. The Morgan fingerprint density at radius 2 is 2.05 bits per heavy atom. The Labute approximate surface area is 113 Å². The molecular formula is C12H13F2N3O3. The highest BCUT2D eigenvalue weighted by atomic mass is 19.1. The van der Waals surface area contributed by atoms with Crippen molar-refractivity contribution in [1.82, 2.24) is 4.90 Å². The number of halogens is 2. The molecule has 1 aliphatic rings. The van der Waals surface area contributed by atoms with E-state index < -0.39 is 23.6 Å². The smallest absolute Gasteiger partial charge is 0.254 e. The number of amidine groups is 1. The van der Waals surface area contributed by atoms with Gasteiger partial charge in [0.25, 0.3) is 5.91 Å². The first-order valence-corrected chi connectivity index (χ1v) is 5.85. The van der Waals surface area contributed by atoms with Crippen LogP contribution in [0.15, 0.2) is 23.4 Å². The first-order chi connectivity index (χ1) is 9.51. The number of carbonyl (C=O) groups is 1. The third-order valence-corrected chi connectivity index (χ3v) is 2.91. The Morgan fingerprint density at radius 3 is 2.65 bits per heavy atom. The van der Waals surface area contributed by atoms with E-state index in [4.69, 9.17) is 15.7 Å². The van der Waals surface area contributed by atoms with E-state index >= 15 is 0 Å². The molecule has 0 bridgehead atoms. The Kier molecular flexibility index (Phi) is 4.14. The summed E-state index contributed by atoms with van der Waals surface area (Å²) in [6.45, 7) is 0.490. The van der Waals surface area contributed by atoms with E-state index in [-0.39, 0.29) is 31.1 Å². The third-order valence-electron chi connectivity index (χ3n) is 2.91. The molecule has 0 spiro atoms. The predicted octanol–water partition coefficient (Wildman–Crippen LogP) is 0.552. The molecular weight excluding hydrogens is 272 g/mol. The molecule has 0 aromatic heterocycles. The molecule has 1 atom stereocenters. The molecule has 1 unspecified atom stereocenters. The highest BCUT2D eigenvalue weighted by Gasteiger charge is 2.28. The summed E-state index contributed by atoms with van der Waals surface area (Å²) in [4.78, 5) is 13.5. The maximum atomic E-state index is 13.1. The molecule has 6 nitrogen and oxygen atoms in total. The van der Waals surface area contributed by atoms with Gasteiger partial charge in [-0.15, -0.1) is 0 Å². The van der Waals surface area contributed by atoms with Crippen LogP contribution >= 0.6 is 0 Å². The SMILES string of the molecule is NC(=NO)C1CN(C(=O)c2cc(F)cc(F)c2)CCO1. The van der Waals surface area contributed by atoms with Crippen LogP contribution in [0.5, 0.6) is 0 Å². The second-order valence-corrected chi connectivity index (χ2v) is 4.29.